The molecule has 0 saturated carbocycles. The van der Waals surface area contributed by atoms with E-state index in [9.17, 15) is 4.39 Å². The maximum absolute atomic E-state index is 13.0. The predicted octanol–water partition coefficient (Wildman–Crippen LogP) is 4.14. The van der Waals surface area contributed by atoms with Gasteiger partial charge in [-0.05, 0) is 67.4 Å². The molecule has 1 saturated heterocycles. The highest BCUT2D eigenvalue weighted by atomic mass is 32.1. The van der Waals surface area contributed by atoms with Crippen LogP contribution < -0.4 is 5.32 Å². The average Bonchev–Trinajstić information content (AvgIpc) is 2.58. The van der Waals surface area contributed by atoms with Gasteiger partial charge in [-0.15, -0.1) is 0 Å². The van der Waals surface area contributed by atoms with E-state index in [0.29, 0.717) is 5.11 Å². The number of pyridine rings is 1. The van der Waals surface area contributed by atoms with Crippen molar-refractivity contribution in [2.75, 3.05) is 11.9 Å². The summed E-state index contributed by atoms with van der Waals surface area (Å²) in [6, 6.07) is 10.6. The third-order valence-electron chi connectivity index (χ3n) is 3.93. The number of halogens is 1. The van der Waals surface area contributed by atoms with Crippen LogP contribution in [0.4, 0.5) is 10.1 Å². The SMILES string of the molecule is Fc1ccc(NC(=S)N2CCCC[C@H]2c2cccnc2)cc1. The summed E-state index contributed by atoms with van der Waals surface area (Å²) in [5.41, 5.74) is 1.99. The minimum Gasteiger partial charge on any atom is -0.342 e. The fourth-order valence-corrected chi connectivity index (χ4v) is 3.16. The summed E-state index contributed by atoms with van der Waals surface area (Å²) in [6.45, 7) is 0.923. The second kappa shape index (κ2) is 6.83. The fraction of sp³-hybridized carbons (Fsp3) is 0.294. The maximum Gasteiger partial charge on any atom is 0.173 e. The van der Waals surface area contributed by atoms with E-state index in [0.717, 1.165) is 25.1 Å². The normalized spacial score (nSPS) is 18.0. The van der Waals surface area contributed by atoms with Crippen LogP contribution in [-0.4, -0.2) is 21.5 Å². The van der Waals surface area contributed by atoms with Gasteiger partial charge in [0.15, 0.2) is 5.11 Å². The van der Waals surface area contributed by atoms with Gasteiger partial charge < -0.3 is 10.2 Å². The molecule has 1 aliphatic heterocycles. The van der Waals surface area contributed by atoms with Gasteiger partial charge in [0.1, 0.15) is 5.82 Å². The zero-order valence-electron chi connectivity index (χ0n) is 12.2. The van der Waals surface area contributed by atoms with Crippen molar-refractivity contribution in [3.8, 4) is 0 Å². The number of nitrogens with zero attached hydrogens (tertiary/aromatic N) is 2. The van der Waals surface area contributed by atoms with Crippen LogP contribution in [0.5, 0.6) is 0 Å². The molecule has 0 bridgehead atoms. The first-order valence-corrected chi connectivity index (χ1v) is 7.88. The number of nitrogens with one attached hydrogen (secondary N) is 1. The van der Waals surface area contributed by atoms with Crippen LogP contribution >= 0.6 is 12.2 Å². The van der Waals surface area contributed by atoms with Crippen molar-refractivity contribution in [1.82, 2.24) is 9.88 Å². The van der Waals surface area contributed by atoms with Crippen LogP contribution in [0.25, 0.3) is 0 Å². The number of piperidine rings is 1. The van der Waals surface area contributed by atoms with Crippen LogP contribution in [0.1, 0.15) is 30.9 Å². The standard InChI is InChI=1S/C17H18FN3S/c18-14-6-8-15(9-7-14)20-17(22)21-11-2-1-5-16(21)13-4-3-10-19-12-13/h3-4,6-10,12,16H,1-2,5,11H2,(H,20,22)/t16-/m0/s1. The highest BCUT2D eigenvalue weighted by Gasteiger charge is 2.26. The number of likely N-dealkylation sites (tertiary alicyclic amines) is 1. The van der Waals surface area contributed by atoms with E-state index in [-0.39, 0.29) is 11.9 Å². The number of thiocarbonyl (C=S) groups is 1. The third-order valence-corrected chi connectivity index (χ3v) is 4.26. The third kappa shape index (κ3) is 3.42. The molecule has 0 aliphatic carbocycles. The van der Waals surface area contributed by atoms with Crippen molar-refractivity contribution in [2.24, 2.45) is 0 Å². The molecule has 1 atom stereocenters. The number of hydrogen-bond acceptors (Lipinski definition) is 2. The van der Waals surface area contributed by atoms with Gasteiger partial charge in [0, 0.05) is 24.6 Å². The Labute approximate surface area is 135 Å². The van der Waals surface area contributed by atoms with Crippen LogP contribution in [0.2, 0.25) is 0 Å². The number of aromatic nitrogens is 1. The quantitative estimate of drug-likeness (QED) is 0.843. The van der Waals surface area contributed by atoms with Crippen LogP contribution in [0.3, 0.4) is 0 Å². The molecular formula is C17H18FN3S. The van der Waals surface area contributed by atoms with E-state index in [1.807, 2.05) is 12.3 Å². The smallest absolute Gasteiger partial charge is 0.173 e. The Morgan fingerprint density at radius 3 is 2.77 bits per heavy atom. The number of rotatable bonds is 2. The summed E-state index contributed by atoms with van der Waals surface area (Å²) in [5.74, 6) is -0.248. The van der Waals surface area contributed by atoms with Gasteiger partial charge in [-0.2, -0.15) is 0 Å². The first-order chi connectivity index (χ1) is 10.7. The highest BCUT2D eigenvalue weighted by molar-refractivity contribution is 7.80. The van der Waals surface area contributed by atoms with Gasteiger partial charge in [0.25, 0.3) is 0 Å². The molecule has 114 valence electrons. The Morgan fingerprint density at radius 2 is 2.05 bits per heavy atom. The first-order valence-electron chi connectivity index (χ1n) is 7.47. The van der Waals surface area contributed by atoms with Gasteiger partial charge in [0.2, 0.25) is 0 Å². The van der Waals surface area contributed by atoms with Crippen LogP contribution in [0, 0.1) is 5.82 Å². The number of benzene rings is 1. The van der Waals surface area contributed by atoms with Crippen LogP contribution in [-0.2, 0) is 0 Å². The van der Waals surface area contributed by atoms with E-state index >= 15 is 0 Å². The Bertz CT molecular complexity index is 630. The molecule has 0 radical (unpaired) electrons. The average molecular weight is 315 g/mol. The molecule has 22 heavy (non-hydrogen) atoms. The number of anilines is 1. The second-order valence-corrected chi connectivity index (χ2v) is 5.82. The lowest BCUT2D eigenvalue weighted by atomic mass is 9.97. The molecule has 0 unspecified atom stereocenters. The summed E-state index contributed by atoms with van der Waals surface area (Å²) in [4.78, 5) is 6.42. The molecule has 0 spiro atoms. The summed E-state index contributed by atoms with van der Waals surface area (Å²) in [7, 11) is 0. The molecule has 5 heteroatoms. The lowest BCUT2D eigenvalue weighted by Gasteiger charge is -2.37. The molecule has 1 aliphatic rings. The van der Waals surface area contributed by atoms with Crippen LogP contribution in [0.15, 0.2) is 48.8 Å². The zero-order chi connectivity index (χ0) is 15.4. The molecule has 1 N–H and O–H groups in total. The summed E-state index contributed by atoms with van der Waals surface area (Å²) in [5, 5.41) is 3.89. The van der Waals surface area contributed by atoms with Crippen molar-refractivity contribution in [1.29, 1.82) is 0 Å². The molecule has 2 heterocycles. The van der Waals surface area contributed by atoms with Crippen molar-refractivity contribution >= 4 is 23.0 Å². The lowest BCUT2D eigenvalue weighted by molar-refractivity contribution is 0.248. The number of hydrogen-bond donors (Lipinski definition) is 1. The Morgan fingerprint density at radius 1 is 1.23 bits per heavy atom. The van der Waals surface area contributed by atoms with Gasteiger partial charge in [-0.1, -0.05) is 6.07 Å². The molecule has 1 fully saturated rings. The highest BCUT2D eigenvalue weighted by Crippen LogP contribution is 2.31. The monoisotopic (exact) mass is 315 g/mol. The van der Waals surface area contributed by atoms with E-state index < -0.39 is 0 Å². The molecule has 1 aromatic heterocycles. The summed E-state index contributed by atoms with van der Waals surface area (Å²) < 4.78 is 13.0. The van der Waals surface area contributed by atoms with E-state index in [1.54, 1.807) is 18.3 Å². The molecule has 3 rings (SSSR count). The minimum atomic E-state index is -0.248. The predicted molar refractivity (Wildman–Crippen MR) is 90.2 cm³/mol. The van der Waals surface area contributed by atoms with Gasteiger partial charge >= 0.3 is 0 Å². The van der Waals surface area contributed by atoms with Crippen molar-refractivity contribution in [2.45, 2.75) is 25.3 Å². The molecule has 1 aromatic carbocycles. The topological polar surface area (TPSA) is 28.2 Å². The van der Waals surface area contributed by atoms with E-state index in [4.69, 9.17) is 12.2 Å². The summed E-state index contributed by atoms with van der Waals surface area (Å²) >= 11 is 5.57. The lowest BCUT2D eigenvalue weighted by Crippen LogP contribution is -2.41. The molecule has 2 aromatic rings. The van der Waals surface area contributed by atoms with Gasteiger partial charge in [-0.25, -0.2) is 4.39 Å². The Hall–Kier alpha value is -2.01. The maximum atomic E-state index is 13.0. The van der Waals surface area contributed by atoms with Crippen molar-refractivity contribution in [3.63, 3.8) is 0 Å². The second-order valence-electron chi connectivity index (χ2n) is 5.43. The van der Waals surface area contributed by atoms with Gasteiger partial charge in [0.05, 0.1) is 6.04 Å². The molecular weight excluding hydrogens is 297 g/mol. The first kappa shape index (κ1) is 14.9. The summed E-state index contributed by atoms with van der Waals surface area (Å²) in [6.07, 6.45) is 7.07. The van der Waals surface area contributed by atoms with Crippen molar-refractivity contribution < 1.29 is 4.39 Å². The van der Waals surface area contributed by atoms with E-state index in [2.05, 4.69) is 21.3 Å². The van der Waals surface area contributed by atoms with Crippen molar-refractivity contribution in [3.05, 3.63) is 60.2 Å². The minimum absolute atomic E-state index is 0.248. The van der Waals surface area contributed by atoms with Gasteiger partial charge in [-0.3, -0.25) is 4.98 Å². The fourth-order valence-electron chi connectivity index (χ4n) is 2.82. The Balaban J connectivity index is 1.75. The molecule has 0 amide bonds. The molecule has 3 nitrogen and oxygen atoms in total. The Kier molecular flexibility index (Phi) is 4.63. The largest absolute Gasteiger partial charge is 0.342 e. The van der Waals surface area contributed by atoms with E-state index in [1.165, 1.54) is 24.1 Å². The zero-order valence-corrected chi connectivity index (χ0v) is 13.0.